The molecule has 3 rings (SSSR count). The molecule has 3 aliphatic carbocycles. The van der Waals surface area contributed by atoms with Gasteiger partial charge in [-0.05, 0) is 69.4 Å². The van der Waals surface area contributed by atoms with Crippen LogP contribution in [0.4, 0.5) is 0 Å². The first-order chi connectivity index (χ1) is 7.78. The molecule has 0 saturated heterocycles. The molecule has 2 nitrogen and oxygen atoms in total. The van der Waals surface area contributed by atoms with Crippen LogP contribution in [0.3, 0.4) is 0 Å². The molecule has 92 valence electrons. The molecular formula is C14H26N2. The van der Waals surface area contributed by atoms with Gasteiger partial charge in [0.25, 0.3) is 0 Å². The molecule has 0 radical (unpaired) electrons. The van der Waals surface area contributed by atoms with Crippen LogP contribution in [0.15, 0.2) is 0 Å². The fourth-order valence-corrected chi connectivity index (χ4v) is 4.51. The highest BCUT2D eigenvalue weighted by Gasteiger charge is 2.41. The summed E-state index contributed by atoms with van der Waals surface area (Å²) in [5.41, 5.74) is 5.80. The number of hydrogen-bond acceptors (Lipinski definition) is 2. The standard InChI is InChI=1S/C14H26N2/c1-16(14-5-4-12(14)8-15)9-13-7-10-2-3-11(13)6-10/h10-14H,2-9,15H2,1H3. The van der Waals surface area contributed by atoms with Crippen molar-refractivity contribution < 1.29 is 0 Å². The summed E-state index contributed by atoms with van der Waals surface area (Å²) in [6.07, 6.45) is 8.87. The van der Waals surface area contributed by atoms with Crippen molar-refractivity contribution in [3.05, 3.63) is 0 Å². The largest absolute Gasteiger partial charge is 0.330 e. The van der Waals surface area contributed by atoms with Crippen molar-refractivity contribution in [1.29, 1.82) is 0 Å². The predicted molar refractivity (Wildman–Crippen MR) is 67.1 cm³/mol. The highest BCUT2D eigenvalue weighted by Crippen LogP contribution is 2.48. The lowest BCUT2D eigenvalue weighted by atomic mass is 9.78. The lowest BCUT2D eigenvalue weighted by molar-refractivity contribution is 0.0668. The van der Waals surface area contributed by atoms with E-state index in [2.05, 4.69) is 11.9 Å². The van der Waals surface area contributed by atoms with E-state index >= 15 is 0 Å². The lowest BCUT2D eigenvalue weighted by Gasteiger charge is -2.44. The van der Waals surface area contributed by atoms with Crippen LogP contribution in [-0.2, 0) is 0 Å². The van der Waals surface area contributed by atoms with Crippen molar-refractivity contribution in [1.82, 2.24) is 4.90 Å². The van der Waals surface area contributed by atoms with Crippen LogP contribution in [0.25, 0.3) is 0 Å². The van der Waals surface area contributed by atoms with Crippen LogP contribution < -0.4 is 5.73 Å². The Bertz CT molecular complexity index is 251. The molecule has 0 aromatic heterocycles. The molecule has 5 atom stereocenters. The molecule has 2 bridgehead atoms. The van der Waals surface area contributed by atoms with Gasteiger partial charge in [0.05, 0.1) is 0 Å². The van der Waals surface area contributed by atoms with Crippen molar-refractivity contribution in [3.63, 3.8) is 0 Å². The molecule has 0 heterocycles. The number of nitrogens with zero attached hydrogens (tertiary/aromatic N) is 1. The number of nitrogens with two attached hydrogens (primary N) is 1. The van der Waals surface area contributed by atoms with Crippen LogP contribution >= 0.6 is 0 Å². The highest BCUT2D eigenvalue weighted by atomic mass is 15.1. The average molecular weight is 222 g/mol. The van der Waals surface area contributed by atoms with Gasteiger partial charge in [0, 0.05) is 12.6 Å². The Labute approximate surface area is 99.6 Å². The second-order valence-electron chi connectivity index (χ2n) is 6.51. The molecular weight excluding hydrogens is 196 g/mol. The fraction of sp³-hybridized carbons (Fsp3) is 1.00. The first-order valence-corrected chi connectivity index (χ1v) is 7.18. The summed E-state index contributed by atoms with van der Waals surface area (Å²) >= 11 is 0. The maximum absolute atomic E-state index is 5.80. The van der Waals surface area contributed by atoms with Crippen molar-refractivity contribution in [3.8, 4) is 0 Å². The van der Waals surface area contributed by atoms with Crippen molar-refractivity contribution in [2.75, 3.05) is 20.1 Å². The van der Waals surface area contributed by atoms with E-state index in [1.165, 1.54) is 38.6 Å². The Kier molecular flexibility index (Phi) is 2.97. The Morgan fingerprint density at radius 3 is 2.44 bits per heavy atom. The van der Waals surface area contributed by atoms with Gasteiger partial charge in [0.1, 0.15) is 0 Å². The SMILES string of the molecule is CN(CC1CC2CCC1C2)C1CCC1CN. The minimum atomic E-state index is 0.795. The van der Waals surface area contributed by atoms with E-state index in [0.29, 0.717) is 0 Å². The first-order valence-electron chi connectivity index (χ1n) is 7.18. The van der Waals surface area contributed by atoms with Gasteiger partial charge in [-0.15, -0.1) is 0 Å². The van der Waals surface area contributed by atoms with Crippen LogP contribution in [0.5, 0.6) is 0 Å². The summed E-state index contributed by atoms with van der Waals surface area (Å²) < 4.78 is 0. The minimum absolute atomic E-state index is 0.795. The van der Waals surface area contributed by atoms with Gasteiger partial charge >= 0.3 is 0 Å². The number of hydrogen-bond donors (Lipinski definition) is 1. The second-order valence-corrected chi connectivity index (χ2v) is 6.51. The smallest absolute Gasteiger partial charge is 0.0133 e. The van der Waals surface area contributed by atoms with Crippen molar-refractivity contribution >= 4 is 0 Å². The van der Waals surface area contributed by atoms with E-state index in [1.807, 2.05) is 0 Å². The quantitative estimate of drug-likeness (QED) is 0.789. The Morgan fingerprint density at radius 2 is 1.94 bits per heavy atom. The molecule has 0 aromatic carbocycles. The summed E-state index contributed by atoms with van der Waals surface area (Å²) in [7, 11) is 2.33. The predicted octanol–water partition coefficient (Wildman–Crippen LogP) is 2.09. The van der Waals surface area contributed by atoms with Gasteiger partial charge in [-0.25, -0.2) is 0 Å². The molecule has 3 saturated carbocycles. The van der Waals surface area contributed by atoms with Crippen molar-refractivity contribution in [2.24, 2.45) is 29.4 Å². The molecule has 2 heteroatoms. The van der Waals surface area contributed by atoms with E-state index in [0.717, 1.165) is 36.3 Å². The normalized spacial score (nSPS) is 46.3. The molecule has 2 N–H and O–H groups in total. The zero-order chi connectivity index (χ0) is 11.1. The monoisotopic (exact) mass is 222 g/mol. The van der Waals surface area contributed by atoms with Crippen LogP contribution in [0.2, 0.25) is 0 Å². The first kappa shape index (κ1) is 11.0. The Balaban J connectivity index is 1.51. The summed E-state index contributed by atoms with van der Waals surface area (Å²) in [5, 5.41) is 0. The summed E-state index contributed by atoms with van der Waals surface area (Å²) in [5.74, 6) is 3.98. The van der Waals surface area contributed by atoms with E-state index < -0.39 is 0 Å². The van der Waals surface area contributed by atoms with Gasteiger partial charge < -0.3 is 10.6 Å². The number of rotatable bonds is 4. The molecule has 16 heavy (non-hydrogen) atoms. The molecule has 3 fully saturated rings. The maximum atomic E-state index is 5.80. The maximum Gasteiger partial charge on any atom is 0.0133 e. The summed E-state index contributed by atoms with van der Waals surface area (Å²) in [6, 6.07) is 0.809. The third kappa shape index (κ3) is 1.80. The molecule has 0 spiro atoms. The topological polar surface area (TPSA) is 29.3 Å². The summed E-state index contributed by atoms with van der Waals surface area (Å²) in [4.78, 5) is 2.63. The van der Waals surface area contributed by atoms with Crippen LogP contribution in [0, 0.1) is 23.7 Å². The molecule has 3 aliphatic rings. The van der Waals surface area contributed by atoms with Gasteiger partial charge in [-0.2, -0.15) is 0 Å². The Hall–Kier alpha value is -0.0800. The molecule has 5 unspecified atom stereocenters. The van der Waals surface area contributed by atoms with Crippen molar-refractivity contribution in [2.45, 2.75) is 44.6 Å². The molecule has 0 amide bonds. The molecule has 0 aliphatic heterocycles. The van der Waals surface area contributed by atoms with E-state index in [1.54, 1.807) is 6.42 Å². The van der Waals surface area contributed by atoms with E-state index in [9.17, 15) is 0 Å². The van der Waals surface area contributed by atoms with Gasteiger partial charge in [0.2, 0.25) is 0 Å². The zero-order valence-electron chi connectivity index (χ0n) is 10.6. The Morgan fingerprint density at radius 1 is 1.06 bits per heavy atom. The van der Waals surface area contributed by atoms with Gasteiger partial charge in [0.15, 0.2) is 0 Å². The van der Waals surface area contributed by atoms with E-state index in [-0.39, 0.29) is 0 Å². The summed E-state index contributed by atoms with van der Waals surface area (Å²) in [6.45, 7) is 2.24. The van der Waals surface area contributed by atoms with E-state index in [4.69, 9.17) is 5.73 Å². The minimum Gasteiger partial charge on any atom is -0.330 e. The van der Waals surface area contributed by atoms with Crippen LogP contribution in [0.1, 0.15) is 38.5 Å². The second kappa shape index (κ2) is 4.30. The third-order valence-electron chi connectivity index (χ3n) is 5.65. The van der Waals surface area contributed by atoms with Gasteiger partial charge in [-0.3, -0.25) is 0 Å². The third-order valence-corrected chi connectivity index (χ3v) is 5.65. The highest BCUT2D eigenvalue weighted by molar-refractivity contribution is 4.94. The lowest BCUT2D eigenvalue weighted by Crippen LogP contribution is -2.49. The molecule has 0 aromatic rings. The average Bonchev–Trinajstić information content (AvgIpc) is 2.77. The van der Waals surface area contributed by atoms with Gasteiger partial charge in [-0.1, -0.05) is 6.42 Å². The zero-order valence-corrected chi connectivity index (χ0v) is 10.6. The number of fused-ring (bicyclic) bond motifs is 2. The van der Waals surface area contributed by atoms with Crippen LogP contribution in [-0.4, -0.2) is 31.1 Å². The fourth-order valence-electron chi connectivity index (χ4n) is 4.51.